The maximum atomic E-state index is 5.95. The summed E-state index contributed by atoms with van der Waals surface area (Å²) in [6, 6.07) is 5.56. The van der Waals surface area contributed by atoms with Crippen molar-refractivity contribution >= 4 is 11.6 Å². The van der Waals surface area contributed by atoms with Crippen LogP contribution in [0.5, 0.6) is 5.75 Å². The monoisotopic (exact) mass is 255 g/mol. The molecular formula is C14H22ClNO. The smallest absolute Gasteiger partial charge is 0.124 e. The fourth-order valence-electron chi connectivity index (χ4n) is 1.68. The average Bonchev–Trinajstić information content (AvgIpc) is 2.25. The minimum Gasteiger partial charge on any atom is -0.493 e. The molecule has 0 spiro atoms. The van der Waals surface area contributed by atoms with Crippen molar-refractivity contribution in [3.8, 4) is 5.75 Å². The van der Waals surface area contributed by atoms with Crippen LogP contribution in [0.25, 0.3) is 0 Å². The topological polar surface area (TPSA) is 35.2 Å². The summed E-state index contributed by atoms with van der Waals surface area (Å²) in [5, 5.41) is 0.701. The Kier molecular flexibility index (Phi) is 5.79. The summed E-state index contributed by atoms with van der Waals surface area (Å²) in [4.78, 5) is 0. The summed E-state index contributed by atoms with van der Waals surface area (Å²) in [5.41, 5.74) is 6.87. The summed E-state index contributed by atoms with van der Waals surface area (Å²) in [6.45, 7) is 7.11. The number of halogens is 1. The predicted octanol–water partition coefficient (Wildman–Crippen LogP) is 4.17. The van der Waals surface area contributed by atoms with Gasteiger partial charge in [-0.2, -0.15) is 0 Å². The fraction of sp³-hybridized carbons (Fsp3) is 0.571. The zero-order valence-corrected chi connectivity index (χ0v) is 11.6. The molecular weight excluding hydrogens is 234 g/mol. The Balaban J connectivity index is 2.58. The van der Waals surface area contributed by atoms with Gasteiger partial charge < -0.3 is 10.5 Å². The van der Waals surface area contributed by atoms with Crippen LogP contribution in [0.2, 0.25) is 5.02 Å². The van der Waals surface area contributed by atoms with Crippen LogP contribution < -0.4 is 10.5 Å². The summed E-state index contributed by atoms with van der Waals surface area (Å²) in [5.74, 6) is 1.57. The molecule has 1 aromatic rings. The highest BCUT2D eigenvalue weighted by Crippen LogP contribution is 2.27. The van der Waals surface area contributed by atoms with Crippen LogP contribution in [0.4, 0.5) is 0 Å². The lowest BCUT2D eigenvalue weighted by Gasteiger charge is -2.14. The fourth-order valence-corrected chi connectivity index (χ4v) is 1.86. The van der Waals surface area contributed by atoms with Crippen LogP contribution in [0.3, 0.4) is 0 Å². The molecule has 1 atom stereocenters. The minimum absolute atomic E-state index is 0.0613. The summed E-state index contributed by atoms with van der Waals surface area (Å²) in [7, 11) is 0. The Morgan fingerprint density at radius 3 is 2.59 bits per heavy atom. The summed E-state index contributed by atoms with van der Waals surface area (Å²) >= 11 is 5.95. The number of benzene rings is 1. The molecule has 96 valence electrons. The molecule has 2 nitrogen and oxygen atoms in total. The van der Waals surface area contributed by atoms with Gasteiger partial charge in [0.05, 0.1) is 6.61 Å². The van der Waals surface area contributed by atoms with Gasteiger partial charge in [-0.1, -0.05) is 25.4 Å². The van der Waals surface area contributed by atoms with Gasteiger partial charge >= 0.3 is 0 Å². The second-order valence-corrected chi connectivity index (χ2v) is 5.29. The van der Waals surface area contributed by atoms with Crippen molar-refractivity contribution in [2.45, 2.75) is 39.7 Å². The lowest BCUT2D eigenvalue weighted by atomic mass is 10.1. The second kappa shape index (κ2) is 6.87. The van der Waals surface area contributed by atoms with Gasteiger partial charge in [0.15, 0.2) is 0 Å². The predicted molar refractivity (Wildman–Crippen MR) is 73.6 cm³/mol. The van der Waals surface area contributed by atoms with Crippen LogP contribution in [-0.4, -0.2) is 6.61 Å². The molecule has 0 aliphatic rings. The van der Waals surface area contributed by atoms with Gasteiger partial charge in [-0.3, -0.25) is 0 Å². The Hall–Kier alpha value is -0.730. The van der Waals surface area contributed by atoms with E-state index in [9.17, 15) is 0 Å². The summed E-state index contributed by atoms with van der Waals surface area (Å²) in [6.07, 6.45) is 2.25. The molecule has 0 saturated carbocycles. The van der Waals surface area contributed by atoms with E-state index in [1.165, 1.54) is 6.42 Å². The Morgan fingerprint density at radius 1 is 1.29 bits per heavy atom. The van der Waals surface area contributed by atoms with Crippen LogP contribution in [0.1, 0.15) is 45.2 Å². The summed E-state index contributed by atoms with van der Waals surface area (Å²) < 4.78 is 5.77. The molecule has 0 saturated heterocycles. The molecule has 1 rings (SSSR count). The van der Waals surface area contributed by atoms with Crippen LogP contribution in [-0.2, 0) is 0 Å². The number of nitrogens with two attached hydrogens (primary N) is 1. The van der Waals surface area contributed by atoms with Crippen LogP contribution >= 0.6 is 11.6 Å². The highest BCUT2D eigenvalue weighted by atomic mass is 35.5. The van der Waals surface area contributed by atoms with E-state index in [2.05, 4.69) is 13.8 Å². The molecule has 0 radical (unpaired) electrons. The Bertz CT molecular complexity index is 350. The van der Waals surface area contributed by atoms with Gasteiger partial charge in [-0.25, -0.2) is 0 Å². The molecule has 1 aromatic carbocycles. The third-order valence-electron chi connectivity index (χ3n) is 2.65. The SMILES string of the molecule is CC(C)CCCOc1ccc(Cl)cc1C(C)N. The normalized spacial score (nSPS) is 12.8. The van der Waals surface area contributed by atoms with Gasteiger partial charge in [-0.15, -0.1) is 0 Å². The molecule has 0 amide bonds. The second-order valence-electron chi connectivity index (χ2n) is 4.86. The first kappa shape index (κ1) is 14.3. The lowest BCUT2D eigenvalue weighted by Crippen LogP contribution is -2.09. The number of rotatable bonds is 6. The first-order chi connectivity index (χ1) is 8.00. The molecule has 1 unspecified atom stereocenters. The van der Waals surface area contributed by atoms with Gasteiger partial charge in [0, 0.05) is 16.6 Å². The molecule has 0 aliphatic carbocycles. The van der Waals surface area contributed by atoms with Crippen molar-refractivity contribution in [2.24, 2.45) is 11.7 Å². The highest BCUT2D eigenvalue weighted by molar-refractivity contribution is 6.30. The van der Waals surface area contributed by atoms with Crippen molar-refractivity contribution < 1.29 is 4.74 Å². The van der Waals surface area contributed by atoms with Gasteiger partial charge in [0.2, 0.25) is 0 Å². The van der Waals surface area contributed by atoms with E-state index in [1.54, 1.807) is 0 Å². The lowest BCUT2D eigenvalue weighted by molar-refractivity contribution is 0.294. The van der Waals surface area contributed by atoms with E-state index in [0.29, 0.717) is 5.02 Å². The zero-order chi connectivity index (χ0) is 12.8. The molecule has 3 heteroatoms. The van der Waals surface area contributed by atoms with E-state index >= 15 is 0 Å². The maximum Gasteiger partial charge on any atom is 0.124 e. The van der Waals surface area contributed by atoms with E-state index in [-0.39, 0.29) is 6.04 Å². The maximum absolute atomic E-state index is 5.95. The standard InChI is InChI=1S/C14H22ClNO/c1-10(2)5-4-8-17-14-7-6-12(15)9-13(14)11(3)16/h6-7,9-11H,4-5,8,16H2,1-3H3. The Labute approximate surface area is 109 Å². The number of hydrogen-bond acceptors (Lipinski definition) is 2. The van der Waals surface area contributed by atoms with Gasteiger partial charge in [-0.05, 0) is 43.9 Å². The van der Waals surface area contributed by atoms with Crippen molar-refractivity contribution in [3.63, 3.8) is 0 Å². The Morgan fingerprint density at radius 2 is 2.00 bits per heavy atom. The highest BCUT2D eigenvalue weighted by Gasteiger charge is 2.08. The van der Waals surface area contributed by atoms with Crippen molar-refractivity contribution in [2.75, 3.05) is 6.61 Å². The van der Waals surface area contributed by atoms with E-state index in [1.807, 2.05) is 25.1 Å². The molecule has 0 aromatic heterocycles. The van der Waals surface area contributed by atoms with Crippen molar-refractivity contribution in [1.29, 1.82) is 0 Å². The number of ether oxygens (including phenoxy) is 1. The number of hydrogen-bond donors (Lipinski definition) is 1. The zero-order valence-electron chi connectivity index (χ0n) is 10.9. The minimum atomic E-state index is -0.0613. The third kappa shape index (κ3) is 4.97. The van der Waals surface area contributed by atoms with Crippen LogP contribution in [0, 0.1) is 5.92 Å². The molecule has 2 N–H and O–H groups in total. The molecule has 0 heterocycles. The molecule has 0 aliphatic heterocycles. The van der Waals surface area contributed by atoms with Crippen molar-refractivity contribution in [3.05, 3.63) is 28.8 Å². The van der Waals surface area contributed by atoms with Crippen molar-refractivity contribution in [1.82, 2.24) is 0 Å². The average molecular weight is 256 g/mol. The largest absolute Gasteiger partial charge is 0.493 e. The van der Waals surface area contributed by atoms with E-state index in [0.717, 1.165) is 30.3 Å². The molecule has 0 fully saturated rings. The quantitative estimate of drug-likeness (QED) is 0.774. The van der Waals surface area contributed by atoms with E-state index < -0.39 is 0 Å². The van der Waals surface area contributed by atoms with Crippen LogP contribution in [0.15, 0.2) is 18.2 Å². The third-order valence-corrected chi connectivity index (χ3v) is 2.88. The van der Waals surface area contributed by atoms with Gasteiger partial charge in [0.1, 0.15) is 5.75 Å². The first-order valence-corrected chi connectivity index (χ1v) is 6.56. The molecule has 0 bridgehead atoms. The van der Waals surface area contributed by atoms with Gasteiger partial charge in [0.25, 0.3) is 0 Å². The van der Waals surface area contributed by atoms with E-state index in [4.69, 9.17) is 22.1 Å². The first-order valence-electron chi connectivity index (χ1n) is 6.18. The molecule has 17 heavy (non-hydrogen) atoms.